The predicted octanol–water partition coefficient (Wildman–Crippen LogP) is 3.07. The first-order chi connectivity index (χ1) is 12.8. The van der Waals surface area contributed by atoms with Gasteiger partial charge in [-0.3, -0.25) is 14.5 Å². The van der Waals surface area contributed by atoms with E-state index >= 15 is 0 Å². The number of terminal acetylenes is 1. The molecule has 1 aromatic rings. The summed E-state index contributed by atoms with van der Waals surface area (Å²) >= 11 is 4.14. The molecule has 0 saturated carbocycles. The highest BCUT2D eigenvalue weighted by Crippen LogP contribution is 2.38. The molecule has 1 fully saturated rings. The molecule has 0 spiro atoms. The molecule has 9 heteroatoms. The van der Waals surface area contributed by atoms with Gasteiger partial charge in [0, 0.05) is 4.47 Å². The fourth-order valence-corrected chi connectivity index (χ4v) is 3.62. The van der Waals surface area contributed by atoms with E-state index in [4.69, 9.17) is 15.9 Å². The SMILES string of the molecule is C#CCOc1cc(Br)c(/C=C2/SC(=O)N([C@H](C)C(=O)OC)C2=O)cc1OC. The summed E-state index contributed by atoms with van der Waals surface area (Å²) in [5, 5.41) is -0.541. The molecule has 1 atom stereocenters. The molecule has 0 bridgehead atoms. The van der Waals surface area contributed by atoms with Gasteiger partial charge >= 0.3 is 5.97 Å². The molecule has 2 amide bonds. The second-order valence-electron chi connectivity index (χ2n) is 5.27. The van der Waals surface area contributed by atoms with Crippen molar-refractivity contribution in [2.75, 3.05) is 20.8 Å². The molecule has 0 aromatic heterocycles. The Morgan fingerprint density at radius 1 is 1.37 bits per heavy atom. The minimum Gasteiger partial charge on any atom is -0.493 e. The lowest BCUT2D eigenvalue weighted by atomic mass is 10.1. The lowest BCUT2D eigenvalue weighted by Crippen LogP contribution is -2.42. The number of carbonyl (C=O) groups is 3. The van der Waals surface area contributed by atoms with Gasteiger partial charge in [-0.2, -0.15) is 0 Å². The van der Waals surface area contributed by atoms with Crippen LogP contribution >= 0.6 is 27.7 Å². The van der Waals surface area contributed by atoms with E-state index in [0.717, 1.165) is 16.7 Å². The molecule has 142 valence electrons. The lowest BCUT2D eigenvalue weighted by molar-refractivity contribution is -0.148. The topological polar surface area (TPSA) is 82.1 Å². The molecule has 2 rings (SSSR count). The van der Waals surface area contributed by atoms with Crippen LogP contribution in [0, 0.1) is 12.3 Å². The van der Waals surface area contributed by atoms with Gasteiger partial charge in [0.25, 0.3) is 11.1 Å². The van der Waals surface area contributed by atoms with Crippen LogP contribution in [0.1, 0.15) is 12.5 Å². The van der Waals surface area contributed by atoms with Crippen molar-refractivity contribution in [3.63, 3.8) is 0 Å². The second kappa shape index (κ2) is 8.97. The van der Waals surface area contributed by atoms with Crippen LogP contribution in [0.3, 0.4) is 0 Å². The summed E-state index contributed by atoms with van der Waals surface area (Å²) in [6.45, 7) is 1.51. The van der Waals surface area contributed by atoms with E-state index in [1.165, 1.54) is 27.2 Å². The maximum Gasteiger partial charge on any atom is 0.328 e. The normalized spacial score (nSPS) is 16.3. The highest BCUT2D eigenvalue weighted by molar-refractivity contribution is 9.10. The number of benzene rings is 1. The Morgan fingerprint density at radius 3 is 2.67 bits per heavy atom. The summed E-state index contributed by atoms with van der Waals surface area (Å²) in [6, 6.07) is 2.29. The summed E-state index contributed by atoms with van der Waals surface area (Å²) in [5.41, 5.74) is 0.594. The van der Waals surface area contributed by atoms with Crippen LogP contribution in [-0.4, -0.2) is 48.9 Å². The Hall–Kier alpha value is -2.44. The number of hydrogen-bond acceptors (Lipinski definition) is 7. The van der Waals surface area contributed by atoms with Crippen LogP contribution in [0.15, 0.2) is 21.5 Å². The van der Waals surface area contributed by atoms with Gasteiger partial charge in [0.05, 0.1) is 19.1 Å². The molecule has 1 heterocycles. The van der Waals surface area contributed by atoms with Crippen molar-refractivity contribution in [1.29, 1.82) is 0 Å². The standard InChI is InChI=1S/C18H16BrNO6S/c1-5-6-26-14-9-12(19)11(7-13(14)24-3)8-15-16(21)20(18(23)27-15)10(2)17(22)25-4/h1,7-10H,6H2,2-4H3/b15-8+/t10-/m1/s1. The third-order valence-corrected chi connectivity index (χ3v) is 5.20. The minimum absolute atomic E-state index is 0.0758. The van der Waals surface area contributed by atoms with Crippen LogP contribution in [0.25, 0.3) is 6.08 Å². The van der Waals surface area contributed by atoms with E-state index in [9.17, 15) is 14.4 Å². The fraction of sp³-hybridized carbons (Fsp3) is 0.278. The van der Waals surface area contributed by atoms with Gasteiger partial charge in [0.15, 0.2) is 11.5 Å². The number of imide groups is 1. The van der Waals surface area contributed by atoms with Crippen molar-refractivity contribution in [1.82, 2.24) is 4.90 Å². The molecule has 1 aliphatic rings. The first-order valence-electron chi connectivity index (χ1n) is 7.62. The van der Waals surface area contributed by atoms with Gasteiger partial charge in [-0.05, 0) is 42.5 Å². The van der Waals surface area contributed by atoms with Crippen molar-refractivity contribution < 1.29 is 28.6 Å². The number of amides is 2. The number of carbonyl (C=O) groups excluding carboxylic acids is 3. The monoisotopic (exact) mass is 453 g/mol. The van der Waals surface area contributed by atoms with Gasteiger partial charge in [-0.25, -0.2) is 4.79 Å². The highest BCUT2D eigenvalue weighted by Gasteiger charge is 2.41. The van der Waals surface area contributed by atoms with E-state index in [-0.39, 0.29) is 11.5 Å². The Balaban J connectivity index is 2.36. The maximum absolute atomic E-state index is 12.6. The summed E-state index contributed by atoms with van der Waals surface area (Å²) in [4.78, 5) is 37.5. The highest BCUT2D eigenvalue weighted by atomic mass is 79.9. The number of hydrogen-bond donors (Lipinski definition) is 0. The molecule has 0 aliphatic carbocycles. The number of thioether (sulfide) groups is 1. The van der Waals surface area contributed by atoms with Gasteiger partial charge < -0.3 is 14.2 Å². The van der Waals surface area contributed by atoms with Crippen molar-refractivity contribution in [3.05, 3.63) is 27.1 Å². The molecule has 1 aromatic carbocycles. The van der Waals surface area contributed by atoms with Gasteiger partial charge in [-0.15, -0.1) is 6.42 Å². The number of rotatable bonds is 6. The zero-order valence-corrected chi connectivity index (χ0v) is 17.2. The molecule has 7 nitrogen and oxygen atoms in total. The van der Waals surface area contributed by atoms with Gasteiger partial charge in [0.2, 0.25) is 0 Å². The summed E-state index contributed by atoms with van der Waals surface area (Å²) in [5.74, 6) is 1.98. The van der Waals surface area contributed by atoms with E-state index in [1.807, 2.05) is 0 Å². The zero-order valence-electron chi connectivity index (χ0n) is 14.8. The molecule has 1 saturated heterocycles. The van der Waals surface area contributed by atoms with E-state index < -0.39 is 23.2 Å². The number of esters is 1. The fourth-order valence-electron chi connectivity index (χ4n) is 2.28. The minimum atomic E-state index is -1.01. The third-order valence-electron chi connectivity index (χ3n) is 3.63. The maximum atomic E-state index is 12.6. The summed E-state index contributed by atoms with van der Waals surface area (Å²) in [6.07, 6.45) is 6.73. The average Bonchev–Trinajstić information content (AvgIpc) is 2.93. The van der Waals surface area contributed by atoms with E-state index in [2.05, 4.69) is 26.6 Å². The smallest absolute Gasteiger partial charge is 0.328 e. The van der Waals surface area contributed by atoms with Crippen molar-refractivity contribution in [2.45, 2.75) is 13.0 Å². The van der Waals surface area contributed by atoms with Crippen molar-refractivity contribution >= 4 is 50.9 Å². The second-order valence-corrected chi connectivity index (χ2v) is 7.12. The van der Waals surface area contributed by atoms with Crippen LogP contribution < -0.4 is 9.47 Å². The van der Waals surface area contributed by atoms with Crippen molar-refractivity contribution in [3.8, 4) is 23.8 Å². The molecular formula is C18H16BrNO6S. The first-order valence-corrected chi connectivity index (χ1v) is 9.23. The molecule has 27 heavy (non-hydrogen) atoms. The first kappa shape index (κ1) is 20.9. The Labute approximate surface area is 169 Å². The number of halogens is 1. The molecule has 0 unspecified atom stereocenters. The Morgan fingerprint density at radius 2 is 2.07 bits per heavy atom. The number of nitrogens with zero attached hydrogens (tertiary/aromatic N) is 1. The summed E-state index contributed by atoms with van der Waals surface area (Å²) < 4.78 is 15.9. The average molecular weight is 454 g/mol. The molecule has 0 radical (unpaired) electrons. The molecular weight excluding hydrogens is 438 g/mol. The quantitative estimate of drug-likeness (QED) is 0.371. The third kappa shape index (κ3) is 4.46. The number of ether oxygens (including phenoxy) is 3. The van der Waals surface area contributed by atoms with Gasteiger partial charge in [0.1, 0.15) is 12.6 Å². The van der Waals surface area contributed by atoms with Crippen LogP contribution in [-0.2, 0) is 14.3 Å². The van der Waals surface area contributed by atoms with E-state index in [0.29, 0.717) is 21.5 Å². The number of methoxy groups -OCH3 is 2. The Bertz CT molecular complexity index is 860. The lowest BCUT2D eigenvalue weighted by Gasteiger charge is -2.18. The van der Waals surface area contributed by atoms with Crippen molar-refractivity contribution in [2.24, 2.45) is 0 Å². The molecule has 0 N–H and O–H groups in total. The van der Waals surface area contributed by atoms with Crippen LogP contribution in [0.5, 0.6) is 11.5 Å². The summed E-state index contributed by atoms with van der Waals surface area (Å²) in [7, 11) is 2.67. The van der Waals surface area contributed by atoms with Crippen LogP contribution in [0.2, 0.25) is 0 Å². The Kier molecular flexibility index (Phi) is 6.93. The van der Waals surface area contributed by atoms with Crippen LogP contribution in [0.4, 0.5) is 4.79 Å². The van der Waals surface area contributed by atoms with Gasteiger partial charge in [-0.1, -0.05) is 21.9 Å². The molecule has 1 aliphatic heterocycles. The van der Waals surface area contributed by atoms with E-state index in [1.54, 1.807) is 12.1 Å². The zero-order chi connectivity index (χ0) is 20.1. The largest absolute Gasteiger partial charge is 0.493 e. The predicted molar refractivity (Wildman–Crippen MR) is 104 cm³/mol.